The Morgan fingerprint density at radius 1 is 1.12 bits per heavy atom. The summed E-state index contributed by atoms with van der Waals surface area (Å²) in [4.78, 5) is 31.4. The molecule has 2 N–H and O–H groups in total. The van der Waals surface area contributed by atoms with Gasteiger partial charge < -0.3 is 15.0 Å². The second-order valence-electron chi connectivity index (χ2n) is 6.65. The highest BCUT2D eigenvalue weighted by Crippen LogP contribution is 2.25. The van der Waals surface area contributed by atoms with Gasteiger partial charge in [-0.05, 0) is 12.1 Å². The van der Waals surface area contributed by atoms with Crippen molar-refractivity contribution in [2.24, 2.45) is 0 Å². The Labute approximate surface area is 188 Å². The van der Waals surface area contributed by atoms with Crippen molar-refractivity contribution in [3.05, 3.63) is 82.0 Å². The van der Waals surface area contributed by atoms with Gasteiger partial charge in [0, 0.05) is 41.7 Å². The van der Waals surface area contributed by atoms with Crippen molar-refractivity contribution >= 4 is 23.0 Å². The van der Waals surface area contributed by atoms with Crippen LogP contribution in [-0.2, 0) is 6.54 Å². The summed E-state index contributed by atoms with van der Waals surface area (Å²) >= 11 is 1.26. The summed E-state index contributed by atoms with van der Waals surface area (Å²) in [5.74, 6) is -4.97. The van der Waals surface area contributed by atoms with Gasteiger partial charge in [-0.15, -0.1) is 10.2 Å². The van der Waals surface area contributed by atoms with Crippen molar-refractivity contribution in [1.29, 1.82) is 0 Å². The van der Waals surface area contributed by atoms with Gasteiger partial charge in [-0.25, -0.2) is 18.2 Å². The topological polar surface area (TPSA) is 110 Å². The molecule has 0 aliphatic heterocycles. The van der Waals surface area contributed by atoms with Crippen molar-refractivity contribution < 1.29 is 27.5 Å². The highest BCUT2D eigenvalue weighted by atomic mass is 32.1. The largest absolute Gasteiger partial charge is 0.481 e. The van der Waals surface area contributed by atoms with Gasteiger partial charge in [-0.1, -0.05) is 11.3 Å². The van der Waals surface area contributed by atoms with Crippen LogP contribution in [0.3, 0.4) is 0 Å². The fraction of sp³-hybridized carbons (Fsp3) is 0.0952. The Bertz CT molecular complexity index is 1330. The van der Waals surface area contributed by atoms with Crippen LogP contribution < -0.4 is 10.1 Å². The quantitative estimate of drug-likeness (QED) is 0.398. The van der Waals surface area contributed by atoms with Crippen molar-refractivity contribution in [3.8, 4) is 16.5 Å². The van der Waals surface area contributed by atoms with Crippen molar-refractivity contribution in [1.82, 2.24) is 25.5 Å². The van der Waals surface area contributed by atoms with E-state index in [9.17, 15) is 22.8 Å². The lowest BCUT2D eigenvalue weighted by molar-refractivity contribution is 0.0946. The summed E-state index contributed by atoms with van der Waals surface area (Å²) in [6.07, 6.45) is 2.71. The Kier molecular flexibility index (Phi) is 6.18. The summed E-state index contributed by atoms with van der Waals surface area (Å²) in [5, 5.41) is 11.9. The first-order chi connectivity index (χ1) is 15.9. The van der Waals surface area contributed by atoms with E-state index in [1.54, 1.807) is 18.3 Å². The number of ether oxygens (including phenoxy) is 1. The van der Waals surface area contributed by atoms with E-state index in [0.29, 0.717) is 28.0 Å². The third-order valence-corrected chi connectivity index (χ3v) is 5.45. The van der Waals surface area contributed by atoms with Crippen molar-refractivity contribution in [2.75, 3.05) is 7.11 Å². The van der Waals surface area contributed by atoms with E-state index in [2.05, 4.69) is 25.5 Å². The van der Waals surface area contributed by atoms with Crippen LogP contribution in [0.2, 0.25) is 0 Å². The number of methoxy groups -OCH3 is 1. The maximum absolute atomic E-state index is 13.9. The number of ketones is 1. The summed E-state index contributed by atoms with van der Waals surface area (Å²) in [6, 6.07) is 5.42. The smallest absolute Gasteiger partial charge is 0.268 e. The summed E-state index contributed by atoms with van der Waals surface area (Å²) in [7, 11) is 1.50. The lowest BCUT2D eigenvalue weighted by atomic mass is 10.0. The van der Waals surface area contributed by atoms with E-state index < -0.39 is 34.7 Å². The zero-order valence-corrected chi connectivity index (χ0v) is 17.7. The summed E-state index contributed by atoms with van der Waals surface area (Å²) in [5.41, 5.74) is -0.319. The van der Waals surface area contributed by atoms with E-state index >= 15 is 0 Å². The number of aromatic nitrogens is 4. The van der Waals surface area contributed by atoms with Gasteiger partial charge in [-0.3, -0.25) is 9.59 Å². The van der Waals surface area contributed by atoms with Crippen LogP contribution in [0.25, 0.3) is 10.6 Å². The molecule has 0 saturated carbocycles. The minimum absolute atomic E-state index is 0.00936. The van der Waals surface area contributed by atoms with Crippen LogP contribution in [0.4, 0.5) is 13.2 Å². The molecule has 0 unspecified atom stereocenters. The molecule has 3 heterocycles. The second-order valence-corrected chi connectivity index (χ2v) is 7.71. The Morgan fingerprint density at radius 3 is 2.61 bits per heavy atom. The number of carbonyl (C=O) groups excluding carboxylic acids is 2. The maximum atomic E-state index is 13.9. The first-order valence-corrected chi connectivity index (χ1v) is 10.2. The third-order valence-electron chi connectivity index (χ3n) is 4.48. The highest BCUT2D eigenvalue weighted by Gasteiger charge is 2.22. The molecule has 0 saturated heterocycles. The SMILES string of the molecule is COc1cc(-c2nnc(CNC(=O)c3cc(C(=O)c4c(F)cc(F)cc4F)c[nH]3)s2)ccn1. The first-order valence-electron chi connectivity index (χ1n) is 9.34. The fourth-order valence-electron chi connectivity index (χ4n) is 2.91. The number of benzene rings is 1. The summed E-state index contributed by atoms with van der Waals surface area (Å²) in [6.45, 7) is 0.0578. The summed E-state index contributed by atoms with van der Waals surface area (Å²) < 4.78 is 45.9. The number of H-pyrrole nitrogens is 1. The van der Waals surface area contributed by atoms with Crippen LogP contribution in [-0.4, -0.2) is 39.0 Å². The van der Waals surface area contributed by atoms with E-state index in [1.165, 1.54) is 18.4 Å². The molecule has 4 aromatic rings. The van der Waals surface area contributed by atoms with E-state index in [-0.39, 0.29) is 17.8 Å². The number of hydrogen-bond donors (Lipinski definition) is 2. The molecule has 33 heavy (non-hydrogen) atoms. The van der Waals surface area contributed by atoms with Gasteiger partial charge in [0.1, 0.15) is 33.2 Å². The Hall–Kier alpha value is -4.06. The molecule has 1 aromatic carbocycles. The lowest BCUT2D eigenvalue weighted by Gasteiger charge is -2.03. The zero-order chi connectivity index (χ0) is 23.5. The average Bonchev–Trinajstić information content (AvgIpc) is 3.47. The standard InChI is InChI=1S/C21H14F3N5O3S/c1-32-16-5-10(2-3-25-16)21-29-28-17(33-21)9-27-20(31)15-4-11(8-26-15)19(30)18-13(23)6-12(22)7-14(18)24/h2-8,26H,9H2,1H3,(H,27,31). The molecule has 0 aliphatic rings. The Morgan fingerprint density at radius 2 is 1.88 bits per heavy atom. The van der Waals surface area contributed by atoms with Crippen molar-refractivity contribution in [2.45, 2.75) is 6.54 Å². The third kappa shape index (κ3) is 4.75. The van der Waals surface area contributed by atoms with Gasteiger partial charge in [0.15, 0.2) is 5.78 Å². The molecule has 0 spiro atoms. The molecule has 0 atom stereocenters. The molecule has 1 amide bonds. The number of rotatable bonds is 7. The zero-order valence-electron chi connectivity index (χ0n) is 16.9. The molecule has 0 aliphatic carbocycles. The van der Waals surface area contributed by atoms with Crippen LogP contribution >= 0.6 is 11.3 Å². The number of hydrogen-bond acceptors (Lipinski definition) is 7. The first kappa shape index (κ1) is 22.1. The van der Waals surface area contributed by atoms with Gasteiger partial charge in [0.2, 0.25) is 5.88 Å². The number of pyridine rings is 1. The molecule has 12 heteroatoms. The van der Waals surface area contributed by atoms with Crippen molar-refractivity contribution in [3.63, 3.8) is 0 Å². The molecule has 168 valence electrons. The van der Waals surface area contributed by atoms with Gasteiger partial charge >= 0.3 is 0 Å². The minimum Gasteiger partial charge on any atom is -0.481 e. The molecule has 0 fully saturated rings. The number of halogens is 3. The molecular weight excluding hydrogens is 459 g/mol. The predicted molar refractivity (Wildman–Crippen MR) is 111 cm³/mol. The molecular formula is C21H14F3N5O3S. The van der Waals surface area contributed by atoms with E-state index in [0.717, 1.165) is 17.8 Å². The second kappa shape index (κ2) is 9.20. The molecule has 8 nitrogen and oxygen atoms in total. The van der Waals surface area contributed by atoms with E-state index in [4.69, 9.17) is 4.74 Å². The highest BCUT2D eigenvalue weighted by molar-refractivity contribution is 7.14. The number of nitrogens with one attached hydrogen (secondary N) is 2. The minimum atomic E-state index is -1.33. The van der Waals surface area contributed by atoms with Crippen LogP contribution in [0.15, 0.2) is 42.7 Å². The molecule has 0 bridgehead atoms. The normalized spacial score (nSPS) is 10.8. The average molecular weight is 473 g/mol. The van der Waals surface area contributed by atoms with Gasteiger partial charge in [-0.2, -0.15) is 0 Å². The fourth-order valence-corrected chi connectivity index (χ4v) is 3.68. The van der Waals surface area contributed by atoms with Gasteiger partial charge in [0.05, 0.1) is 19.2 Å². The molecule has 4 rings (SSSR count). The molecule has 0 radical (unpaired) electrons. The van der Waals surface area contributed by atoms with Crippen LogP contribution in [0.5, 0.6) is 5.88 Å². The lowest BCUT2D eigenvalue weighted by Crippen LogP contribution is -2.23. The van der Waals surface area contributed by atoms with E-state index in [1.807, 2.05) is 0 Å². The number of amides is 1. The number of aromatic amines is 1. The maximum Gasteiger partial charge on any atom is 0.268 e. The van der Waals surface area contributed by atoms with Crippen LogP contribution in [0, 0.1) is 17.5 Å². The van der Waals surface area contributed by atoms with Gasteiger partial charge in [0.25, 0.3) is 5.91 Å². The number of nitrogens with zero attached hydrogens (tertiary/aromatic N) is 3. The monoisotopic (exact) mass is 473 g/mol. The van der Waals surface area contributed by atoms with Crippen LogP contribution in [0.1, 0.15) is 31.4 Å². The predicted octanol–water partition coefficient (Wildman–Crippen LogP) is 3.52. The Balaban J connectivity index is 1.43. The number of carbonyl (C=O) groups is 2. The molecule has 3 aromatic heterocycles.